The van der Waals surface area contributed by atoms with Crippen molar-refractivity contribution in [2.45, 2.75) is 51.4 Å². The van der Waals surface area contributed by atoms with Crippen LogP contribution < -0.4 is 15.5 Å². The van der Waals surface area contributed by atoms with Crippen molar-refractivity contribution < 1.29 is 27.7 Å². The van der Waals surface area contributed by atoms with Gasteiger partial charge in [-0.15, -0.1) is 0 Å². The van der Waals surface area contributed by atoms with Crippen LogP contribution in [0.3, 0.4) is 0 Å². The highest BCUT2D eigenvalue weighted by molar-refractivity contribution is 5.94. The molecule has 0 saturated heterocycles. The predicted molar refractivity (Wildman–Crippen MR) is 90.7 cm³/mol. The van der Waals surface area contributed by atoms with E-state index in [4.69, 9.17) is 0 Å². The summed E-state index contributed by atoms with van der Waals surface area (Å²) < 4.78 is 36.2. The number of rotatable bonds is 7. The van der Waals surface area contributed by atoms with Gasteiger partial charge in [0.15, 0.2) is 6.54 Å². The van der Waals surface area contributed by atoms with Crippen molar-refractivity contribution in [3.05, 3.63) is 35.4 Å². The molecule has 0 aromatic heterocycles. The molecule has 1 unspecified atom stereocenters. The van der Waals surface area contributed by atoms with E-state index in [1.807, 2.05) is 17.4 Å². The van der Waals surface area contributed by atoms with Gasteiger partial charge in [-0.3, -0.25) is 10.1 Å². The number of halogens is 3. The van der Waals surface area contributed by atoms with Crippen LogP contribution in [0.5, 0.6) is 0 Å². The Morgan fingerprint density at radius 2 is 1.81 bits per heavy atom. The lowest BCUT2D eigenvalue weighted by Gasteiger charge is -2.19. The molecule has 3 amide bonds. The van der Waals surface area contributed by atoms with Gasteiger partial charge in [0.2, 0.25) is 0 Å². The number of carbonyl (C=O) groups is 2. The lowest BCUT2D eigenvalue weighted by Crippen LogP contribution is -3.13. The molecule has 0 radical (unpaired) electrons. The van der Waals surface area contributed by atoms with Crippen molar-refractivity contribution in [1.82, 2.24) is 10.6 Å². The molecule has 2 rings (SSSR count). The minimum absolute atomic E-state index is 0.0516. The molecule has 1 atom stereocenters. The highest BCUT2D eigenvalue weighted by atomic mass is 19.4. The molecule has 1 saturated carbocycles. The molecule has 1 aliphatic carbocycles. The van der Waals surface area contributed by atoms with Crippen LogP contribution in [0.15, 0.2) is 24.3 Å². The zero-order valence-electron chi connectivity index (χ0n) is 15.0. The number of benzene rings is 1. The Labute approximate surface area is 150 Å². The number of imide groups is 1. The molecule has 26 heavy (non-hydrogen) atoms. The third-order valence-electron chi connectivity index (χ3n) is 4.32. The van der Waals surface area contributed by atoms with Crippen molar-refractivity contribution in [2.75, 3.05) is 13.1 Å². The predicted octanol–water partition coefficient (Wildman–Crippen LogP) is 1.75. The lowest BCUT2D eigenvalue weighted by molar-refractivity contribution is -0.917. The van der Waals surface area contributed by atoms with Crippen molar-refractivity contribution in [1.29, 1.82) is 0 Å². The normalized spacial score (nSPS) is 15.6. The molecule has 1 aromatic carbocycles. The molecule has 1 aromatic rings. The van der Waals surface area contributed by atoms with Gasteiger partial charge in [-0.25, -0.2) is 4.79 Å². The number of amides is 3. The summed E-state index contributed by atoms with van der Waals surface area (Å²) in [7, 11) is 0. The molecule has 0 heterocycles. The summed E-state index contributed by atoms with van der Waals surface area (Å²) in [6.07, 6.45) is -2.49. The third kappa shape index (κ3) is 7.03. The number of quaternary nitrogens is 1. The van der Waals surface area contributed by atoms with E-state index in [2.05, 4.69) is 26.0 Å². The molecule has 1 fully saturated rings. The van der Waals surface area contributed by atoms with E-state index in [-0.39, 0.29) is 6.54 Å². The van der Waals surface area contributed by atoms with Gasteiger partial charge in [0.25, 0.3) is 5.91 Å². The molecule has 0 bridgehead atoms. The average molecular weight is 372 g/mol. The molecule has 3 N–H and O–H groups in total. The van der Waals surface area contributed by atoms with Crippen LogP contribution in [-0.2, 0) is 11.3 Å². The van der Waals surface area contributed by atoms with Crippen molar-refractivity contribution in [2.24, 2.45) is 0 Å². The fraction of sp³-hybridized carbons (Fsp3) is 0.556. The fourth-order valence-electron chi connectivity index (χ4n) is 2.73. The Morgan fingerprint density at radius 1 is 1.19 bits per heavy atom. The topological polar surface area (TPSA) is 62.6 Å². The van der Waals surface area contributed by atoms with Crippen LogP contribution >= 0.6 is 0 Å². The minimum Gasteiger partial charge on any atom is -0.329 e. The zero-order valence-corrected chi connectivity index (χ0v) is 15.0. The minimum atomic E-state index is -4.51. The van der Waals surface area contributed by atoms with Gasteiger partial charge in [0, 0.05) is 18.4 Å². The highest BCUT2D eigenvalue weighted by Gasteiger charge is 2.35. The maximum Gasteiger partial charge on any atom is 0.405 e. The SMILES string of the molecule is CC(C)c1ccc(C[NH+](CC(=O)NC(=O)NCC(F)(F)F)C2CC2)cc1. The monoisotopic (exact) mass is 372 g/mol. The number of hydrogen-bond acceptors (Lipinski definition) is 2. The van der Waals surface area contributed by atoms with Gasteiger partial charge in [0.1, 0.15) is 13.1 Å². The van der Waals surface area contributed by atoms with Gasteiger partial charge in [0.05, 0.1) is 6.04 Å². The molecular formula is C18H25F3N3O2+. The number of hydrogen-bond donors (Lipinski definition) is 3. The van der Waals surface area contributed by atoms with Crippen molar-refractivity contribution in [3.8, 4) is 0 Å². The quantitative estimate of drug-likeness (QED) is 0.683. The number of nitrogens with one attached hydrogen (secondary N) is 3. The Hall–Kier alpha value is -2.09. The molecule has 1 aliphatic rings. The first-order valence-corrected chi connectivity index (χ1v) is 8.72. The second-order valence-corrected chi connectivity index (χ2v) is 7.03. The molecule has 0 spiro atoms. The molecule has 5 nitrogen and oxygen atoms in total. The van der Waals surface area contributed by atoms with Gasteiger partial charge in [-0.05, 0) is 11.5 Å². The fourth-order valence-corrected chi connectivity index (χ4v) is 2.73. The van der Waals surface area contributed by atoms with Crippen LogP contribution in [0.1, 0.15) is 43.7 Å². The van der Waals surface area contributed by atoms with E-state index in [0.29, 0.717) is 18.5 Å². The van der Waals surface area contributed by atoms with E-state index in [1.54, 1.807) is 5.32 Å². The summed E-state index contributed by atoms with van der Waals surface area (Å²) in [5.41, 5.74) is 2.33. The Bertz CT molecular complexity index is 626. The summed E-state index contributed by atoms with van der Waals surface area (Å²) in [6.45, 7) is 3.46. The van der Waals surface area contributed by atoms with Gasteiger partial charge < -0.3 is 10.2 Å². The first kappa shape index (κ1) is 20.2. The largest absolute Gasteiger partial charge is 0.405 e. The standard InChI is InChI=1S/C18H24F3N3O2/c1-12(2)14-5-3-13(4-6-14)9-24(15-7-8-15)10-16(25)23-17(26)22-11-18(19,20)21/h3-6,12,15H,7-11H2,1-2H3,(H2,22,23,25,26)/p+1. The summed E-state index contributed by atoms with van der Waals surface area (Å²) in [4.78, 5) is 24.4. The van der Waals surface area contributed by atoms with Gasteiger partial charge in [-0.2, -0.15) is 13.2 Å². The highest BCUT2D eigenvalue weighted by Crippen LogP contribution is 2.17. The molecular weight excluding hydrogens is 347 g/mol. The number of urea groups is 1. The molecule has 144 valence electrons. The van der Waals surface area contributed by atoms with Crippen LogP contribution in [-0.4, -0.2) is 37.2 Å². The third-order valence-corrected chi connectivity index (χ3v) is 4.32. The van der Waals surface area contributed by atoms with Crippen molar-refractivity contribution in [3.63, 3.8) is 0 Å². The Kier molecular flexibility index (Phi) is 6.63. The van der Waals surface area contributed by atoms with Crippen LogP contribution in [0.2, 0.25) is 0 Å². The number of carbonyl (C=O) groups excluding carboxylic acids is 2. The lowest BCUT2D eigenvalue weighted by atomic mass is 10.0. The van der Waals surface area contributed by atoms with Crippen LogP contribution in [0.25, 0.3) is 0 Å². The maximum atomic E-state index is 12.1. The molecule has 0 aliphatic heterocycles. The first-order valence-electron chi connectivity index (χ1n) is 8.72. The van der Waals surface area contributed by atoms with Crippen LogP contribution in [0.4, 0.5) is 18.0 Å². The van der Waals surface area contributed by atoms with Gasteiger partial charge >= 0.3 is 12.2 Å². The van der Waals surface area contributed by atoms with Crippen LogP contribution in [0, 0.1) is 0 Å². The molecule has 8 heteroatoms. The van der Waals surface area contributed by atoms with Gasteiger partial charge in [-0.1, -0.05) is 38.1 Å². The van der Waals surface area contributed by atoms with Crippen molar-refractivity contribution >= 4 is 11.9 Å². The summed E-state index contributed by atoms with van der Waals surface area (Å²) in [5, 5.41) is 3.60. The second-order valence-electron chi connectivity index (χ2n) is 7.03. The number of alkyl halides is 3. The van der Waals surface area contributed by atoms with E-state index in [9.17, 15) is 22.8 Å². The smallest absolute Gasteiger partial charge is 0.329 e. The summed E-state index contributed by atoms with van der Waals surface area (Å²) in [5.74, 6) is -0.137. The van der Waals surface area contributed by atoms with E-state index >= 15 is 0 Å². The Morgan fingerprint density at radius 3 is 2.31 bits per heavy atom. The second kappa shape index (κ2) is 8.53. The summed E-state index contributed by atoms with van der Waals surface area (Å²) in [6, 6.07) is 7.43. The summed E-state index contributed by atoms with van der Waals surface area (Å²) >= 11 is 0. The zero-order chi connectivity index (χ0) is 19.3. The average Bonchev–Trinajstić information content (AvgIpc) is 3.37. The Balaban J connectivity index is 1.85. The van der Waals surface area contributed by atoms with E-state index < -0.39 is 24.7 Å². The first-order chi connectivity index (χ1) is 12.1. The maximum absolute atomic E-state index is 12.1. The van der Waals surface area contributed by atoms with E-state index in [1.165, 1.54) is 5.56 Å². The van der Waals surface area contributed by atoms with E-state index in [0.717, 1.165) is 23.3 Å².